The largest absolute Gasteiger partial charge is 0.496 e. The second kappa shape index (κ2) is 7.91. The highest BCUT2D eigenvalue weighted by atomic mass is 35.5. The average Bonchev–Trinajstić information content (AvgIpc) is 2.60. The number of fused-ring (bicyclic) bond motifs is 1. The lowest BCUT2D eigenvalue weighted by Crippen LogP contribution is -2.42. The van der Waals surface area contributed by atoms with Gasteiger partial charge in [0.2, 0.25) is 10.0 Å². The fraction of sp³-hybridized carbons (Fsp3) is 0.444. The second-order valence-corrected chi connectivity index (χ2v) is 8.43. The number of hydrogen-bond donors (Lipinski definition) is 2. The first-order valence-electron chi connectivity index (χ1n) is 8.21. The summed E-state index contributed by atoms with van der Waals surface area (Å²) < 4.78 is 33.9. The molecule has 0 aromatic heterocycles. The van der Waals surface area contributed by atoms with Crippen molar-refractivity contribution >= 4 is 33.2 Å². The molecule has 2 aromatic rings. The molecule has 25 heavy (non-hydrogen) atoms. The van der Waals surface area contributed by atoms with Gasteiger partial charge >= 0.3 is 0 Å². The number of benzene rings is 2. The van der Waals surface area contributed by atoms with Gasteiger partial charge in [-0.25, -0.2) is 13.1 Å². The van der Waals surface area contributed by atoms with Gasteiger partial charge in [0, 0.05) is 17.3 Å². The van der Waals surface area contributed by atoms with Crippen molar-refractivity contribution in [2.75, 3.05) is 26.7 Å². The summed E-state index contributed by atoms with van der Waals surface area (Å²) in [6.45, 7) is 4.47. The Bertz CT molecular complexity index is 833. The van der Waals surface area contributed by atoms with E-state index in [1.165, 1.54) is 0 Å². The number of hydrogen-bond acceptors (Lipinski definition) is 4. The molecular formula is C18H25ClN2O3S. The van der Waals surface area contributed by atoms with Gasteiger partial charge in [-0.05, 0) is 43.5 Å². The topological polar surface area (TPSA) is 67.4 Å². The molecule has 3 rings (SSSR count). The van der Waals surface area contributed by atoms with Crippen LogP contribution < -0.4 is 14.8 Å². The zero-order valence-electron chi connectivity index (χ0n) is 14.5. The van der Waals surface area contributed by atoms with E-state index in [0.29, 0.717) is 22.6 Å². The van der Waals surface area contributed by atoms with E-state index in [2.05, 4.69) is 17.0 Å². The van der Waals surface area contributed by atoms with E-state index in [-0.39, 0.29) is 17.8 Å². The number of rotatable bonds is 5. The van der Waals surface area contributed by atoms with Crippen molar-refractivity contribution in [3.8, 4) is 5.75 Å². The summed E-state index contributed by atoms with van der Waals surface area (Å²) >= 11 is 0. The number of methoxy groups -OCH3 is 1. The summed E-state index contributed by atoms with van der Waals surface area (Å²) in [7, 11) is -1.99. The molecule has 0 bridgehead atoms. The smallest absolute Gasteiger partial charge is 0.241 e. The number of piperidine rings is 1. The fourth-order valence-corrected chi connectivity index (χ4v) is 4.62. The fourth-order valence-electron chi connectivity index (χ4n) is 3.21. The highest BCUT2D eigenvalue weighted by Gasteiger charge is 2.29. The van der Waals surface area contributed by atoms with Gasteiger partial charge in [-0.1, -0.05) is 31.2 Å². The van der Waals surface area contributed by atoms with Gasteiger partial charge in [0.1, 0.15) is 5.75 Å². The van der Waals surface area contributed by atoms with Crippen LogP contribution in [0.5, 0.6) is 5.75 Å². The summed E-state index contributed by atoms with van der Waals surface area (Å²) in [5, 5.41) is 4.80. The van der Waals surface area contributed by atoms with Gasteiger partial charge in [-0.2, -0.15) is 0 Å². The van der Waals surface area contributed by atoms with E-state index in [9.17, 15) is 8.42 Å². The Kier molecular flexibility index (Phi) is 6.32. The van der Waals surface area contributed by atoms with Crippen molar-refractivity contribution in [3.63, 3.8) is 0 Å². The summed E-state index contributed by atoms with van der Waals surface area (Å²) in [4.78, 5) is 0.302. The van der Waals surface area contributed by atoms with E-state index in [0.717, 1.165) is 31.3 Å². The Morgan fingerprint density at radius 3 is 2.40 bits per heavy atom. The minimum Gasteiger partial charge on any atom is -0.496 e. The van der Waals surface area contributed by atoms with Crippen LogP contribution in [-0.2, 0) is 10.0 Å². The minimum atomic E-state index is -3.58. The molecule has 138 valence electrons. The quantitative estimate of drug-likeness (QED) is 0.831. The van der Waals surface area contributed by atoms with Crippen molar-refractivity contribution < 1.29 is 13.2 Å². The molecule has 0 aliphatic carbocycles. The molecule has 0 radical (unpaired) electrons. The molecule has 5 nitrogen and oxygen atoms in total. The van der Waals surface area contributed by atoms with Crippen molar-refractivity contribution in [1.82, 2.24) is 10.0 Å². The summed E-state index contributed by atoms with van der Waals surface area (Å²) in [6.07, 6.45) is 1.94. The van der Waals surface area contributed by atoms with Crippen LogP contribution in [-0.4, -0.2) is 35.2 Å². The maximum Gasteiger partial charge on any atom is 0.241 e. The molecule has 0 spiro atoms. The third kappa shape index (κ3) is 4.26. The van der Waals surface area contributed by atoms with Crippen LogP contribution in [0, 0.1) is 5.41 Å². The predicted octanol–water partition coefficient (Wildman–Crippen LogP) is 2.94. The monoisotopic (exact) mass is 384 g/mol. The van der Waals surface area contributed by atoms with Crippen molar-refractivity contribution in [3.05, 3.63) is 36.4 Å². The number of halogens is 1. The maximum atomic E-state index is 12.9. The van der Waals surface area contributed by atoms with Crippen LogP contribution >= 0.6 is 12.4 Å². The Hall–Kier alpha value is -1.34. The molecule has 1 aliphatic rings. The van der Waals surface area contributed by atoms with Crippen LogP contribution in [0.3, 0.4) is 0 Å². The number of sulfonamides is 1. The highest BCUT2D eigenvalue weighted by Crippen LogP contribution is 2.32. The third-order valence-corrected chi connectivity index (χ3v) is 6.31. The molecule has 1 saturated heterocycles. The Morgan fingerprint density at radius 1 is 1.12 bits per heavy atom. The normalized spacial score (nSPS) is 17.0. The molecule has 0 unspecified atom stereocenters. The van der Waals surface area contributed by atoms with Gasteiger partial charge in [-0.15, -0.1) is 12.4 Å². The summed E-state index contributed by atoms with van der Waals surface area (Å²) in [5.74, 6) is 0.676. The molecule has 7 heteroatoms. The molecule has 0 amide bonds. The first-order valence-corrected chi connectivity index (χ1v) is 9.70. The first-order chi connectivity index (χ1) is 11.5. The van der Waals surface area contributed by atoms with Gasteiger partial charge in [0.25, 0.3) is 0 Å². The maximum absolute atomic E-state index is 12.9. The van der Waals surface area contributed by atoms with Gasteiger partial charge in [0.05, 0.1) is 12.0 Å². The second-order valence-electron chi connectivity index (χ2n) is 6.70. The molecule has 2 aromatic carbocycles. The first kappa shape index (κ1) is 20.0. The van der Waals surface area contributed by atoms with E-state index in [4.69, 9.17) is 4.74 Å². The standard InChI is InChI=1S/C18H24N2O3S.ClH/c1-18(9-11-19-12-10-18)13-20-24(21,22)17-8-7-16(23-2)14-5-3-4-6-15(14)17;/h3-8,19-20H,9-13H2,1-2H3;1H. The Morgan fingerprint density at radius 2 is 1.76 bits per heavy atom. The molecule has 1 heterocycles. The summed E-state index contributed by atoms with van der Waals surface area (Å²) in [5.41, 5.74) is 0.000589. The molecular weight excluding hydrogens is 360 g/mol. The zero-order valence-corrected chi connectivity index (χ0v) is 16.2. The van der Waals surface area contributed by atoms with Crippen molar-refractivity contribution in [2.45, 2.75) is 24.7 Å². The van der Waals surface area contributed by atoms with Crippen LogP contribution in [0.25, 0.3) is 10.8 Å². The van der Waals surface area contributed by atoms with E-state index < -0.39 is 10.0 Å². The lowest BCUT2D eigenvalue weighted by atomic mass is 9.81. The Labute approximate surface area is 155 Å². The number of ether oxygens (including phenoxy) is 1. The van der Waals surface area contributed by atoms with Gasteiger partial charge in [0.15, 0.2) is 0 Å². The Balaban J connectivity index is 0.00000225. The third-order valence-electron chi connectivity index (χ3n) is 4.85. The highest BCUT2D eigenvalue weighted by molar-refractivity contribution is 7.89. The van der Waals surface area contributed by atoms with E-state index in [1.807, 2.05) is 24.3 Å². The van der Waals surface area contributed by atoms with Crippen molar-refractivity contribution in [2.24, 2.45) is 5.41 Å². The van der Waals surface area contributed by atoms with Crippen LogP contribution in [0.4, 0.5) is 0 Å². The number of nitrogens with one attached hydrogen (secondary N) is 2. The van der Waals surface area contributed by atoms with E-state index in [1.54, 1.807) is 19.2 Å². The summed E-state index contributed by atoms with van der Waals surface area (Å²) in [6, 6.07) is 10.7. The van der Waals surface area contributed by atoms with Crippen LogP contribution in [0.2, 0.25) is 0 Å². The SMILES string of the molecule is COc1ccc(S(=O)(=O)NCC2(C)CCNCC2)c2ccccc12.Cl. The van der Waals surface area contributed by atoms with E-state index >= 15 is 0 Å². The lowest BCUT2D eigenvalue weighted by Gasteiger charge is -2.34. The minimum absolute atomic E-state index is 0. The lowest BCUT2D eigenvalue weighted by molar-refractivity contribution is 0.232. The van der Waals surface area contributed by atoms with Crippen molar-refractivity contribution in [1.29, 1.82) is 0 Å². The zero-order chi connectivity index (χ0) is 17.2. The molecule has 0 atom stereocenters. The molecule has 0 saturated carbocycles. The van der Waals surface area contributed by atoms with Gasteiger partial charge < -0.3 is 10.1 Å². The van der Waals surface area contributed by atoms with Crippen LogP contribution in [0.1, 0.15) is 19.8 Å². The molecule has 1 fully saturated rings. The predicted molar refractivity (Wildman–Crippen MR) is 103 cm³/mol. The molecule has 1 aliphatic heterocycles. The molecule has 2 N–H and O–H groups in total. The van der Waals surface area contributed by atoms with Gasteiger partial charge in [-0.3, -0.25) is 0 Å². The van der Waals surface area contributed by atoms with Crippen LogP contribution in [0.15, 0.2) is 41.3 Å². The average molecular weight is 385 g/mol.